The summed E-state index contributed by atoms with van der Waals surface area (Å²) in [6.07, 6.45) is 0.639. The molecule has 2 aromatic rings. The van der Waals surface area contributed by atoms with Crippen LogP contribution in [-0.2, 0) is 9.59 Å². The summed E-state index contributed by atoms with van der Waals surface area (Å²) < 4.78 is 5.08. The first-order valence-corrected chi connectivity index (χ1v) is 7.98. The third-order valence-corrected chi connectivity index (χ3v) is 4.77. The van der Waals surface area contributed by atoms with Gasteiger partial charge in [0.15, 0.2) is 0 Å². The molecule has 0 saturated heterocycles. The van der Waals surface area contributed by atoms with Crippen molar-refractivity contribution in [2.45, 2.75) is 6.92 Å². The number of carbonyl (C=O) groups is 3. The molecule has 0 amide bonds. The van der Waals surface area contributed by atoms with Crippen LogP contribution in [-0.4, -0.2) is 30.1 Å². The highest BCUT2D eigenvalue weighted by Gasteiger charge is 2.21. The zero-order valence-corrected chi connectivity index (χ0v) is 14.5. The van der Waals surface area contributed by atoms with Gasteiger partial charge in [-0.15, -0.1) is 11.3 Å². The minimum Gasteiger partial charge on any atom is -0.545 e. The number of benzene rings is 1. The van der Waals surface area contributed by atoms with E-state index in [9.17, 15) is 29.7 Å². The molecule has 2 N–H and O–H groups in total. The molecule has 0 aliphatic rings. The number of thiophene rings is 1. The Morgan fingerprint density at radius 2 is 1.73 bits per heavy atom. The van der Waals surface area contributed by atoms with Crippen molar-refractivity contribution < 1.29 is 34.4 Å². The van der Waals surface area contributed by atoms with Crippen LogP contribution in [0.2, 0.25) is 0 Å². The smallest absolute Gasteiger partial charge is 0.339 e. The highest BCUT2D eigenvalue weighted by atomic mass is 32.1. The third kappa shape index (κ3) is 3.83. The van der Waals surface area contributed by atoms with Crippen molar-refractivity contribution >= 4 is 34.2 Å². The summed E-state index contributed by atoms with van der Waals surface area (Å²) in [4.78, 5) is 33.7. The number of aliphatic carboxylic acids is 2. The number of ether oxygens (including phenoxy) is 1. The third-order valence-electron chi connectivity index (χ3n) is 3.50. The Bertz CT molecular complexity index is 881. The number of rotatable bonds is 7. The first kappa shape index (κ1) is 19.0. The lowest BCUT2D eigenvalue weighted by atomic mass is 10.1. The fraction of sp³-hybridized carbons (Fsp3) is 0.118. The monoisotopic (exact) mass is 375 g/mol. The normalized spacial score (nSPS) is 10.1. The lowest BCUT2D eigenvalue weighted by Gasteiger charge is -2.09. The molecule has 0 spiro atoms. The van der Waals surface area contributed by atoms with E-state index < -0.39 is 23.5 Å². The van der Waals surface area contributed by atoms with Crippen molar-refractivity contribution in [2.75, 3.05) is 12.4 Å². The van der Waals surface area contributed by atoms with Crippen LogP contribution >= 0.6 is 11.3 Å². The van der Waals surface area contributed by atoms with E-state index in [1.54, 1.807) is 31.2 Å². The number of hydrogen-bond acceptors (Lipinski definition) is 8. The molecule has 136 valence electrons. The molecule has 0 fully saturated rings. The topological polar surface area (TPSA) is 139 Å². The van der Waals surface area contributed by atoms with Gasteiger partial charge in [0.1, 0.15) is 10.8 Å². The molecule has 0 unspecified atom stereocenters. The standard InChI is InChI=1S/C17H15NO7S/c1-8-12(17(23)24)14(18-7-11(15(19)20)16(21)22)26-13(8)9-3-5-10(25-2)6-4-9/h3-7,18H,1-2H3,(H,19,20)(H,21,22)(H,23,24)/p-2. The molecule has 2 rings (SSSR count). The van der Waals surface area contributed by atoms with Gasteiger partial charge in [-0.1, -0.05) is 0 Å². The second-order valence-corrected chi connectivity index (χ2v) is 6.09. The van der Waals surface area contributed by atoms with Gasteiger partial charge in [0.2, 0.25) is 0 Å². The fourth-order valence-electron chi connectivity index (χ4n) is 2.23. The van der Waals surface area contributed by atoms with E-state index in [0.29, 0.717) is 22.4 Å². The predicted octanol–water partition coefficient (Wildman–Crippen LogP) is 0.226. The largest absolute Gasteiger partial charge is 0.545 e. The van der Waals surface area contributed by atoms with Crippen molar-refractivity contribution in [1.29, 1.82) is 0 Å². The van der Waals surface area contributed by atoms with E-state index in [1.807, 2.05) is 0 Å². The maximum atomic E-state index is 11.6. The number of carbonyl (C=O) groups excluding carboxylic acids is 2. The van der Waals surface area contributed by atoms with Crippen LogP contribution in [0.1, 0.15) is 15.9 Å². The Hall–Kier alpha value is -3.33. The number of hydrogen-bond donors (Lipinski definition) is 2. The van der Waals surface area contributed by atoms with Crippen LogP contribution in [0.25, 0.3) is 10.4 Å². The van der Waals surface area contributed by atoms with Gasteiger partial charge in [0.25, 0.3) is 0 Å². The van der Waals surface area contributed by atoms with Crippen LogP contribution in [0, 0.1) is 6.92 Å². The molecular formula is C17H13NO7S-2. The quantitative estimate of drug-likeness (QED) is 0.398. The fourth-order valence-corrected chi connectivity index (χ4v) is 3.40. The summed E-state index contributed by atoms with van der Waals surface area (Å²) in [5, 5.41) is 33.5. The van der Waals surface area contributed by atoms with Crippen LogP contribution < -0.4 is 20.3 Å². The summed E-state index contributed by atoms with van der Waals surface area (Å²) >= 11 is 1.04. The lowest BCUT2D eigenvalue weighted by Crippen LogP contribution is -2.36. The van der Waals surface area contributed by atoms with E-state index in [4.69, 9.17) is 4.74 Å². The highest BCUT2D eigenvalue weighted by Crippen LogP contribution is 2.40. The molecule has 9 heteroatoms. The number of anilines is 1. The van der Waals surface area contributed by atoms with Gasteiger partial charge in [0, 0.05) is 16.7 Å². The van der Waals surface area contributed by atoms with Crippen molar-refractivity contribution in [3.05, 3.63) is 47.2 Å². The second-order valence-electron chi connectivity index (χ2n) is 5.07. The summed E-state index contributed by atoms with van der Waals surface area (Å²) in [7, 11) is 1.52. The zero-order chi connectivity index (χ0) is 19.4. The maximum Gasteiger partial charge on any atom is 0.339 e. The first-order valence-electron chi connectivity index (χ1n) is 7.16. The molecule has 0 radical (unpaired) electrons. The Balaban J connectivity index is 2.49. The Kier molecular flexibility index (Phi) is 5.63. The van der Waals surface area contributed by atoms with E-state index in [2.05, 4.69) is 5.32 Å². The van der Waals surface area contributed by atoms with Crippen LogP contribution in [0.4, 0.5) is 5.00 Å². The lowest BCUT2D eigenvalue weighted by molar-refractivity contribution is -0.312. The summed E-state index contributed by atoms with van der Waals surface area (Å²) in [5.74, 6) is -4.50. The van der Waals surface area contributed by atoms with Crippen molar-refractivity contribution in [3.8, 4) is 16.2 Å². The van der Waals surface area contributed by atoms with Gasteiger partial charge in [-0.3, -0.25) is 0 Å². The summed E-state index contributed by atoms with van der Waals surface area (Å²) in [5.41, 5.74) is -0.0358. The SMILES string of the molecule is COc1ccc(-c2sc(NC=C(C(=O)[O-])C(=O)[O-])c(C(=O)O)c2C)cc1. The van der Waals surface area contributed by atoms with Gasteiger partial charge >= 0.3 is 5.97 Å². The van der Waals surface area contributed by atoms with Gasteiger partial charge in [-0.25, -0.2) is 4.79 Å². The Morgan fingerprint density at radius 3 is 2.19 bits per heavy atom. The predicted molar refractivity (Wildman–Crippen MR) is 89.7 cm³/mol. The van der Waals surface area contributed by atoms with Crippen molar-refractivity contribution in [1.82, 2.24) is 0 Å². The average molecular weight is 375 g/mol. The average Bonchev–Trinajstić information content (AvgIpc) is 2.91. The van der Waals surface area contributed by atoms with Gasteiger partial charge < -0.3 is 35.0 Å². The molecule has 1 heterocycles. The Morgan fingerprint density at radius 1 is 1.15 bits per heavy atom. The zero-order valence-electron chi connectivity index (χ0n) is 13.7. The first-order chi connectivity index (χ1) is 12.3. The molecule has 26 heavy (non-hydrogen) atoms. The molecular weight excluding hydrogens is 362 g/mol. The molecule has 1 aromatic heterocycles. The minimum atomic E-state index is -1.95. The summed E-state index contributed by atoms with van der Waals surface area (Å²) in [6, 6.07) is 6.92. The highest BCUT2D eigenvalue weighted by molar-refractivity contribution is 7.20. The van der Waals surface area contributed by atoms with Crippen molar-refractivity contribution in [3.63, 3.8) is 0 Å². The Labute approximate surface area is 152 Å². The van der Waals surface area contributed by atoms with Crippen LogP contribution in [0.5, 0.6) is 5.75 Å². The number of carboxylic acids is 3. The van der Waals surface area contributed by atoms with Crippen LogP contribution in [0.3, 0.4) is 0 Å². The molecule has 0 atom stereocenters. The number of aromatic carboxylic acids is 1. The number of carboxylic acid groups (broad SMARTS) is 3. The minimum absolute atomic E-state index is 0.0841. The maximum absolute atomic E-state index is 11.6. The second kappa shape index (κ2) is 7.70. The molecule has 0 saturated carbocycles. The van der Waals surface area contributed by atoms with E-state index in [0.717, 1.165) is 16.9 Å². The molecule has 8 nitrogen and oxygen atoms in total. The summed E-state index contributed by atoms with van der Waals surface area (Å²) in [6.45, 7) is 1.60. The molecule has 1 aromatic carbocycles. The van der Waals surface area contributed by atoms with Crippen molar-refractivity contribution in [2.24, 2.45) is 0 Å². The van der Waals surface area contributed by atoms with Gasteiger partial charge in [0.05, 0.1) is 24.6 Å². The van der Waals surface area contributed by atoms with Gasteiger partial charge in [-0.05, 0) is 42.3 Å². The molecule has 0 bridgehead atoms. The van der Waals surface area contributed by atoms with E-state index in [1.165, 1.54) is 7.11 Å². The van der Waals surface area contributed by atoms with Gasteiger partial charge in [-0.2, -0.15) is 0 Å². The van der Waals surface area contributed by atoms with E-state index >= 15 is 0 Å². The number of nitrogens with one attached hydrogen (secondary N) is 1. The molecule has 0 aliphatic carbocycles. The number of methoxy groups -OCH3 is 1. The molecule has 0 aliphatic heterocycles. The van der Waals surface area contributed by atoms with Crippen LogP contribution in [0.15, 0.2) is 36.0 Å². The van der Waals surface area contributed by atoms with E-state index in [-0.39, 0.29) is 10.6 Å².